The maximum absolute atomic E-state index is 13.1. The monoisotopic (exact) mass is 359 g/mol. The smallest absolute Gasteiger partial charge is 0.258 e. The molecule has 1 N–H and O–H groups in total. The first-order valence-corrected chi connectivity index (χ1v) is 7.97. The van der Waals surface area contributed by atoms with Gasteiger partial charge in [-0.15, -0.1) is 0 Å². The van der Waals surface area contributed by atoms with E-state index < -0.39 is 11.9 Å². The first kappa shape index (κ1) is 17.0. The zero-order valence-corrected chi connectivity index (χ0v) is 13.9. The third kappa shape index (κ3) is 4.39. The molecule has 0 aliphatic carbocycles. The van der Waals surface area contributed by atoms with Crippen molar-refractivity contribution in [3.05, 3.63) is 89.1 Å². The van der Waals surface area contributed by atoms with Crippen molar-refractivity contribution in [2.24, 2.45) is 0 Å². The lowest BCUT2D eigenvalue weighted by Gasteiger charge is -2.17. The number of nitrogens with one attached hydrogen (secondary N) is 1. The number of hydrogen-bond donors (Lipinski definition) is 1. The fourth-order valence-electron chi connectivity index (χ4n) is 2.34. The van der Waals surface area contributed by atoms with Gasteiger partial charge in [0.25, 0.3) is 5.91 Å². The van der Waals surface area contributed by atoms with Crippen LogP contribution >= 0.6 is 11.6 Å². The molecule has 1 heterocycles. The summed E-state index contributed by atoms with van der Waals surface area (Å²) in [6.45, 7) is -0.230. The number of hydrogen-bond acceptors (Lipinski definition) is 3. The van der Waals surface area contributed by atoms with Crippen molar-refractivity contribution < 1.29 is 18.3 Å². The van der Waals surface area contributed by atoms with Crippen LogP contribution < -0.4 is 10.1 Å². The van der Waals surface area contributed by atoms with Crippen LogP contribution in [0.1, 0.15) is 17.4 Å². The average Bonchev–Trinajstić information content (AvgIpc) is 3.16. The van der Waals surface area contributed by atoms with Crippen LogP contribution in [0.25, 0.3) is 0 Å². The summed E-state index contributed by atoms with van der Waals surface area (Å²) in [5, 5.41) is 2.81. The second kappa shape index (κ2) is 7.85. The van der Waals surface area contributed by atoms with Crippen molar-refractivity contribution in [1.29, 1.82) is 0 Å². The van der Waals surface area contributed by atoms with E-state index >= 15 is 0 Å². The highest BCUT2D eigenvalue weighted by Crippen LogP contribution is 2.23. The van der Waals surface area contributed by atoms with E-state index in [1.807, 2.05) is 30.3 Å². The van der Waals surface area contributed by atoms with Crippen molar-refractivity contribution in [3.63, 3.8) is 0 Å². The van der Waals surface area contributed by atoms with Gasteiger partial charge in [0.15, 0.2) is 6.61 Å². The number of benzene rings is 2. The Hall–Kier alpha value is -2.79. The molecule has 25 heavy (non-hydrogen) atoms. The van der Waals surface area contributed by atoms with Gasteiger partial charge in [-0.05, 0) is 29.8 Å². The van der Waals surface area contributed by atoms with E-state index in [1.165, 1.54) is 18.2 Å². The Morgan fingerprint density at radius 3 is 2.64 bits per heavy atom. The summed E-state index contributed by atoms with van der Waals surface area (Å²) in [6.07, 6.45) is 1.55. The number of amides is 1. The van der Waals surface area contributed by atoms with Crippen LogP contribution in [0, 0.1) is 5.82 Å². The lowest BCUT2D eigenvalue weighted by Crippen LogP contribution is -2.33. The van der Waals surface area contributed by atoms with Gasteiger partial charge in [0.1, 0.15) is 23.4 Å². The Morgan fingerprint density at radius 1 is 1.16 bits per heavy atom. The predicted octanol–water partition coefficient (Wildman–Crippen LogP) is 4.36. The SMILES string of the molecule is O=C(COc1ccc(F)c(Cl)c1)NC(c1ccccc1)c1ccco1. The Labute approximate surface area is 149 Å². The first-order chi connectivity index (χ1) is 12.1. The van der Waals surface area contributed by atoms with E-state index in [1.54, 1.807) is 18.4 Å². The number of halogens is 2. The zero-order valence-electron chi connectivity index (χ0n) is 13.1. The number of carbonyl (C=O) groups excluding carboxylic acids is 1. The summed E-state index contributed by atoms with van der Waals surface area (Å²) >= 11 is 5.69. The fourth-order valence-corrected chi connectivity index (χ4v) is 2.51. The van der Waals surface area contributed by atoms with Gasteiger partial charge >= 0.3 is 0 Å². The molecule has 0 fully saturated rings. The number of furan rings is 1. The molecule has 2 aromatic carbocycles. The zero-order chi connectivity index (χ0) is 17.6. The van der Waals surface area contributed by atoms with Gasteiger partial charge in [-0.2, -0.15) is 0 Å². The van der Waals surface area contributed by atoms with Gasteiger partial charge < -0.3 is 14.5 Å². The van der Waals surface area contributed by atoms with Crippen molar-refractivity contribution in [3.8, 4) is 5.75 Å². The Morgan fingerprint density at radius 2 is 1.96 bits per heavy atom. The molecule has 0 saturated carbocycles. The molecule has 0 aliphatic rings. The summed E-state index contributed by atoms with van der Waals surface area (Å²) < 4.78 is 23.9. The summed E-state index contributed by atoms with van der Waals surface area (Å²) in [4.78, 5) is 12.3. The molecule has 0 spiro atoms. The van der Waals surface area contributed by atoms with Crippen molar-refractivity contribution >= 4 is 17.5 Å². The standard InChI is InChI=1S/C19H15ClFNO3/c20-15-11-14(8-9-16(15)21)25-12-18(23)22-19(17-7-4-10-24-17)13-5-2-1-3-6-13/h1-11,19H,12H2,(H,22,23). The van der Waals surface area contributed by atoms with Crippen LogP contribution in [0.3, 0.4) is 0 Å². The van der Waals surface area contributed by atoms with E-state index in [0.717, 1.165) is 5.56 Å². The van der Waals surface area contributed by atoms with Crippen LogP contribution in [0.4, 0.5) is 4.39 Å². The number of rotatable bonds is 6. The third-order valence-electron chi connectivity index (χ3n) is 3.53. The molecule has 4 nitrogen and oxygen atoms in total. The molecule has 0 radical (unpaired) electrons. The molecular formula is C19H15ClFNO3. The molecule has 6 heteroatoms. The average molecular weight is 360 g/mol. The van der Waals surface area contributed by atoms with Crippen LogP contribution in [0.2, 0.25) is 5.02 Å². The molecule has 1 atom stereocenters. The van der Waals surface area contributed by atoms with Gasteiger partial charge in [0.2, 0.25) is 0 Å². The van der Waals surface area contributed by atoms with Crippen molar-refractivity contribution in [2.75, 3.05) is 6.61 Å². The van der Waals surface area contributed by atoms with E-state index in [4.69, 9.17) is 20.8 Å². The first-order valence-electron chi connectivity index (χ1n) is 7.59. The molecule has 3 rings (SSSR count). The van der Waals surface area contributed by atoms with E-state index in [0.29, 0.717) is 11.5 Å². The summed E-state index contributed by atoms with van der Waals surface area (Å²) in [5.41, 5.74) is 0.885. The quantitative estimate of drug-likeness (QED) is 0.711. The van der Waals surface area contributed by atoms with Crippen molar-refractivity contribution in [2.45, 2.75) is 6.04 Å². The topological polar surface area (TPSA) is 51.5 Å². The minimum atomic E-state index is -0.541. The summed E-state index contributed by atoms with van der Waals surface area (Å²) in [5.74, 6) is 0.0475. The molecule has 1 amide bonds. The number of carbonyl (C=O) groups is 1. The second-order valence-electron chi connectivity index (χ2n) is 5.29. The van der Waals surface area contributed by atoms with Gasteiger partial charge in [-0.25, -0.2) is 4.39 Å². The maximum atomic E-state index is 13.1. The molecular weight excluding hydrogens is 345 g/mol. The normalized spacial score (nSPS) is 11.8. The van der Waals surface area contributed by atoms with E-state index in [2.05, 4.69) is 5.32 Å². The van der Waals surface area contributed by atoms with Crippen LogP contribution in [0.5, 0.6) is 5.75 Å². The third-order valence-corrected chi connectivity index (χ3v) is 3.82. The Balaban J connectivity index is 1.67. The van der Waals surface area contributed by atoms with Gasteiger partial charge in [-0.1, -0.05) is 41.9 Å². The molecule has 1 unspecified atom stereocenters. The minimum Gasteiger partial charge on any atom is -0.484 e. The second-order valence-corrected chi connectivity index (χ2v) is 5.70. The fraction of sp³-hybridized carbons (Fsp3) is 0.105. The van der Waals surface area contributed by atoms with Crippen LogP contribution in [0.15, 0.2) is 71.3 Å². The minimum absolute atomic E-state index is 0.0596. The summed E-state index contributed by atoms with van der Waals surface area (Å²) in [7, 11) is 0. The van der Waals surface area contributed by atoms with Crippen LogP contribution in [-0.2, 0) is 4.79 Å². The molecule has 0 saturated heterocycles. The molecule has 128 valence electrons. The lowest BCUT2D eigenvalue weighted by molar-refractivity contribution is -0.123. The van der Waals surface area contributed by atoms with Gasteiger partial charge in [0.05, 0.1) is 11.3 Å². The lowest BCUT2D eigenvalue weighted by atomic mass is 10.0. The highest BCUT2D eigenvalue weighted by molar-refractivity contribution is 6.30. The number of ether oxygens (including phenoxy) is 1. The molecule has 0 bridgehead atoms. The maximum Gasteiger partial charge on any atom is 0.258 e. The van der Waals surface area contributed by atoms with Crippen molar-refractivity contribution in [1.82, 2.24) is 5.32 Å². The van der Waals surface area contributed by atoms with Gasteiger partial charge in [0, 0.05) is 6.07 Å². The molecule has 3 aromatic rings. The summed E-state index contributed by atoms with van der Waals surface area (Å²) in [6, 6.07) is 16.5. The van der Waals surface area contributed by atoms with Crippen LogP contribution in [-0.4, -0.2) is 12.5 Å². The Kier molecular flexibility index (Phi) is 5.36. The van der Waals surface area contributed by atoms with Gasteiger partial charge in [-0.3, -0.25) is 4.79 Å². The molecule has 1 aromatic heterocycles. The highest BCUT2D eigenvalue weighted by Gasteiger charge is 2.19. The highest BCUT2D eigenvalue weighted by atomic mass is 35.5. The molecule has 0 aliphatic heterocycles. The largest absolute Gasteiger partial charge is 0.484 e. The predicted molar refractivity (Wildman–Crippen MR) is 92.0 cm³/mol. The Bertz CT molecular complexity index is 837. The van der Waals surface area contributed by atoms with E-state index in [9.17, 15) is 9.18 Å². The van der Waals surface area contributed by atoms with E-state index in [-0.39, 0.29) is 17.5 Å².